The molecule has 0 bridgehead atoms. The lowest BCUT2D eigenvalue weighted by atomic mass is 10.1. The number of carbonyl (C=O) groups is 2. The molecule has 0 aliphatic carbocycles. The van der Waals surface area contributed by atoms with E-state index in [0.29, 0.717) is 19.5 Å². The highest BCUT2D eigenvalue weighted by Gasteiger charge is 2.33. The summed E-state index contributed by atoms with van der Waals surface area (Å²) in [6.45, 7) is 5.05. The van der Waals surface area contributed by atoms with Crippen LogP contribution in [0.15, 0.2) is 54.6 Å². The summed E-state index contributed by atoms with van der Waals surface area (Å²) in [5, 5.41) is 5.78. The van der Waals surface area contributed by atoms with Crippen LogP contribution >= 0.6 is 0 Å². The highest BCUT2D eigenvalue weighted by Crippen LogP contribution is 2.25. The minimum absolute atomic E-state index is 0.00542. The fourth-order valence-electron chi connectivity index (χ4n) is 3.35. The minimum atomic E-state index is -0.237. The molecule has 0 saturated carbocycles. The molecule has 26 heavy (non-hydrogen) atoms. The van der Waals surface area contributed by atoms with E-state index >= 15 is 0 Å². The van der Waals surface area contributed by atoms with Crippen molar-refractivity contribution in [3.8, 4) is 0 Å². The molecule has 136 valence electrons. The van der Waals surface area contributed by atoms with Crippen LogP contribution in [0.4, 0.5) is 4.79 Å². The van der Waals surface area contributed by atoms with E-state index in [1.807, 2.05) is 73.3 Å². The first kappa shape index (κ1) is 18.0. The van der Waals surface area contributed by atoms with Crippen molar-refractivity contribution in [1.29, 1.82) is 0 Å². The van der Waals surface area contributed by atoms with Crippen LogP contribution in [-0.4, -0.2) is 29.4 Å². The number of carbonyl (C=O) groups excluding carboxylic acids is 2. The van der Waals surface area contributed by atoms with E-state index in [0.717, 1.165) is 16.7 Å². The van der Waals surface area contributed by atoms with E-state index in [4.69, 9.17) is 0 Å². The molecule has 1 heterocycles. The molecule has 1 aliphatic rings. The standard InChI is InChI=1S/C21H25N3O2/c1-15-7-6-8-17(11-15)13-22-21(26)23-19-12-20(25)24(14-19)16(2)18-9-4-3-5-10-18/h3-11,16,19H,12-14H2,1-2H3,(H2,22,23,26). The van der Waals surface area contributed by atoms with Gasteiger partial charge in [-0.1, -0.05) is 60.2 Å². The largest absolute Gasteiger partial charge is 0.334 e. The number of hydrogen-bond donors (Lipinski definition) is 2. The van der Waals surface area contributed by atoms with Gasteiger partial charge in [0.2, 0.25) is 5.91 Å². The van der Waals surface area contributed by atoms with Crippen LogP contribution in [0.3, 0.4) is 0 Å². The summed E-state index contributed by atoms with van der Waals surface area (Å²) in [7, 11) is 0. The molecule has 2 atom stereocenters. The number of likely N-dealkylation sites (tertiary alicyclic amines) is 1. The number of hydrogen-bond acceptors (Lipinski definition) is 2. The molecule has 1 aliphatic heterocycles. The number of aryl methyl sites for hydroxylation is 1. The van der Waals surface area contributed by atoms with Gasteiger partial charge in [0.1, 0.15) is 0 Å². The van der Waals surface area contributed by atoms with E-state index in [9.17, 15) is 9.59 Å². The zero-order chi connectivity index (χ0) is 18.5. The van der Waals surface area contributed by atoms with Gasteiger partial charge in [-0.3, -0.25) is 4.79 Å². The first-order valence-corrected chi connectivity index (χ1v) is 8.97. The second-order valence-electron chi connectivity index (χ2n) is 6.85. The van der Waals surface area contributed by atoms with Crippen LogP contribution in [0, 0.1) is 6.92 Å². The number of rotatable bonds is 5. The van der Waals surface area contributed by atoms with Gasteiger partial charge in [0, 0.05) is 19.5 Å². The van der Waals surface area contributed by atoms with Gasteiger partial charge in [-0.25, -0.2) is 4.79 Å². The summed E-state index contributed by atoms with van der Waals surface area (Å²) >= 11 is 0. The zero-order valence-electron chi connectivity index (χ0n) is 15.2. The Kier molecular flexibility index (Phi) is 5.56. The van der Waals surface area contributed by atoms with Gasteiger partial charge in [0.25, 0.3) is 0 Å². The van der Waals surface area contributed by atoms with E-state index < -0.39 is 0 Å². The van der Waals surface area contributed by atoms with Gasteiger partial charge in [0.15, 0.2) is 0 Å². The fourth-order valence-corrected chi connectivity index (χ4v) is 3.35. The van der Waals surface area contributed by atoms with E-state index in [-0.39, 0.29) is 24.0 Å². The average Bonchev–Trinajstić information content (AvgIpc) is 3.00. The molecular weight excluding hydrogens is 326 g/mol. The van der Waals surface area contributed by atoms with Crippen LogP contribution in [0.25, 0.3) is 0 Å². The number of nitrogens with one attached hydrogen (secondary N) is 2. The van der Waals surface area contributed by atoms with Crippen LogP contribution < -0.4 is 10.6 Å². The second kappa shape index (κ2) is 8.04. The maximum Gasteiger partial charge on any atom is 0.315 e. The Balaban J connectivity index is 1.51. The molecule has 0 aromatic heterocycles. The van der Waals surface area contributed by atoms with E-state index in [2.05, 4.69) is 10.6 Å². The molecule has 5 heteroatoms. The summed E-state index contributed by atoms with van der Waals surface area (Å²) in [6, 6.07) is 17.6. The van der Waals surface area contributed by atoms with Gasteiger partial charge in [-0.2, -0.15) is 0 Å². The number of benzene rings is 2. The molecule has 3 amide bonds. The normalized spacial score (nSPS) is 17.8. The lowest BCUT2D eigenvalue weighted by Gasteiger charge is -2.25. The van der Waals surface area contributed by atoms with Gasteiger partial charge in [-0.15, -0.1) is 0 Å². The van der Waals surface area contributed by atoms with Crippen LogP contribution in [-0.2, 0) is 11.3 Å². The maximum atomic E-state index is 12.4. The molecule has 2 aromatic rings. The van der Waals surface area contributed by atoms with E-state index in [1.165, 1.54) is 0 Å². The summed E-state index contributed by atoms with van der Waals surface area (Å²) < 4.78 is 0. The Bertz CT molecular complexity index is 776. The molecule has 2 aromatic carbocycles. The molecule has 5 nitrogen and oxygen atoms in total. The van der Waals surface area contributed by atoms with Gasteiger partial charge >= 0.3 is 6.03 Å². The van der Waals surface area contributed by atoms with Crippen molar-refractivity contribution in [2.45, 2.75) is 38.9 Å². The average molecular weight is 351 g/mol. The Morgan fingerprint density at radius 1 is 1.19 bits per heavy atom. The van der Waals surface area contributed by atoms with Crippen molar-refractivity contribution in [2.24, 2.45) is 0 Å². The third-order valence-corrected chi connectivity index (χ3v) is 4.78. The smallest absolute Gasteiger partial charge is 0.315 e. The van der Waals surface area contributed by atoms with E-state index in [1.54, 1.807) is 0 Å². The highest BCUT2D eigenvalue weighted by molar-refractivity contribution is 5.82. The van der Waals surface area contributed by atoms with Crippen molar-refractivity contribution < 1.29 is 9.59 Å². The summed E-state index contributed by atoms with van der Waals surface area (Å²) in [5.74, 6) is 0.0744. The van der Waals surface area contributed by atoms with Crippen molar-refractivity contribution in [3.05, 3.63) is 71.3 Å². The molecule has 0 radical (unpaired) electrons. The van der Waals surface area contributed by atoms with Crippen LogP contribution in [0.1, 0.15) is 36.1 Å². The second-order valence-corrected chi connectivity index (χ2v) is 6.85. The van der Waals surface area contributed by atoms with Crippen molar-refractivity contribution in [3.63, 3.8) is 0 Å². The van der Waals surface area contributed by atoms with Crippen molar-refractivity contribution >= 4 is 11.9 Å². The summed E-state index contributed by atoms with van der Waals surface area (Å²) in [6.07, 6.45) is 0.342. The number of urea groups is 1. The molecule has 0 spiro atoms. The fraction of sp³-hybridized carbons (Fsp3) is 0.333. The molecular formula is C21H25N3O2. The molecule has 2 unspecified atom stereocenters. The van der Waals surface area contributed by atoms with Gasteiger partial charge in [0.05, 0.1) is 12.1 Å². The molecule has 2 N–H and O–H groups in total. The van der Waals surface area contributed by atoms with Gasteiger partial charge in [-0.05, 0) is 25.0 Å². The molecule has 1 saturated heterocycles. The molecule has 1 fully saturated rings. The zero-order valence-corrected chi connectivity index (χ0v) is 15.2. The monoisotopic (exact) mass is 351 g/mol. The predicted molar refractivity (Wildman–Crippen MR) is 102 cm³/mol. The Morgan fingerprint density at radius 3 is 2.69 bits per heavy atom. The van der Waals surface area contributed by atoms with Crippen molar-refractivity contribution in [1.82, 2.24) is 15.5 Å². The van der Waals surface area contributed by atoms with Crippen molar-refractivity contribution in [2.75, 3.05) is 6.54 Å². The highest BCUT2D eigenvalue weighted by atomic mass is 16.2. The lowest BCUT2D eigenvalue weighted by Crippen LogP contribution is -2.43. The minimum Gasteiger partial charge on any atom is -0.334 e. The quantitative estimate of drug-likeness (QED) is 0.869. The number of nitrogens with zero attached hydrogens (tertiary/aromatic N) is 1. The first-order valence-electron chi connectivity index (χ1n) is 8.97. The number of amides is 3. The lowest BCUT2D eigenvalue weighted by molar-refractivity contribution is -0.129. The van der Waals surface area contributed by atoms with Gasteiger partial charge < -0.3 is 15.5 Å². The first-order chi connectivity index (χ1) is 12.5. The predicted octanol–water partition coefficient (Wildman–Crippen LogP) is 3.16. The van der Waals surface area contributed by atoms with Crippen LogP contribution in [0.2, 0.25) is 0 Å². The Morgan fingerprint density at radius 2 is 1.96 bits per heavy atom. The van der Waals surface area contributed by atoms with Crippen LogP contribution in [0.5, 0.6) is 0 Å². The third-order valence-electron chi connectivity index (χ3n) is 4.78. The summed E-state index contributed by atoms with van der Waals surface area (Å²) in [4.78, 5) is 26.3. The Labute approximate surface area is 154 Å². The molecule has 3 rings (SSSR count). The summed E-state index contributed by atoms with van der Waals surface area (Å²) in [5.41, 5.74) is 3.32. The Hall–Kier alpha value is -2.82. The topological polar surface area (TPSA) is 61.4 Å². The maximum absolute atomic E-state index is 12.4. The SMILES string of the molecule is Cc1cccc(CNC(=O)NC2CC(=O)N(C(C)c3ccccc3)C2)c1. The third kappa shape index (κ3) is 4.42.